The van der Waals surface area contributed by atoms with Gasteiger partial charge in [-0.15, -0.1) is 10.2 Å². The first-order valence-electron chi connectivity index (χ1n) is 9.65. The van der Waals surface area contributed by atoms with Gasteiger partial charge in [0.1, 0.15) is 18.0 Å². The Morgan fingerprint density at radius 3 is 2.82 bits per heavy atom. The van der Waals surface area contributed by atoms with Gasteiger partial charge in [0.05, 0.1) is 6.42 Å². The lowest BCUT2D eigenvalue weighted by Crippen LogP contribution is -2.41. The van der Waals surface area contributed by atoms with Crippen molar-refractivity contribution in [1.82, 2.24) is 19.7 Å². The van der Waals surface area contributed by atoms with Gasteiger partial charge in [0, 0.05) is 25.2 Å². The first kappa shape index (κ1) is 18.3. The molecule has 1 saturated heterocycles. The van der Waals surface area contributed by atoms with Gasteiger partial charge in [0.15, 0.2) is 0 Å². The van der Waals surface area contributed by atoms with E-state index in [-0.39, 0.29) is 18.1 Å². The van der Waals surface area contributed by atoms with Crippen LogP contribution in [-0.4, -0.2) is 38.7 Å². The van der Waals surface area contributed by atoms with Crippen LogP contribution in [0, 0.1) is 11.7 Å². The van der Waals surface area contributed by atoms with Gasteiger partial charge < -0.3 is 4.90 Å². The van der Waals surface area contributed by atoms with E-state index in [0.29, 0.717) is 12.5 Å². The lowest BCUT2D eigenvalue weighted by atomic mass is 9.94. The minimum atomic E-state index is -0.304. The van der Waals surface area contributed by atoms with E-state index < -0.39 is 0 Å². The Hall–Kier alpha value is -3.02. The molecule has 1 aromatic heterocycles. The topological polar surface area (TPSA) is 51.0 Å². The normalized spacial score (nSPS) is 16.9. The zero-order valence-electron chi connectivity index (χ0n) is 15.7. The molecule has 6 heteroatoms. The molecule has 5 nitrogen and oxygen atoms in total. The van der Waals surface area contributed by atoms with Gasteiger partial charge in [-0.05, 0) is 48.6 Å². The number of carbonyl (C=O) groups is 1. The summed E-state index contributed by atoms with van der Waals surface area (Å²) in [5.41, 5.74) is 1.76. The van der Waals surface area contributed by atoms with Crippen LogP contribution in [-0.2, 0) is 17.6 Å². The Balaban J connectivity index is 1.41. The predicted octanol–water partition coefficient (Wildman–Crippen LogP) is 3.43. The van der Waals surface area contributed by atoms with Crippen molar-refractivity contribution < 1.29 is 9.18 Å². The molecule has 1 aliphatic heterocycles. The third kappa shape index (κ3) is 4.27. The smallest absolute Gasteiger partial charge is 0.227 e. The Morgan fingerprint density at radius 2 is 2.00 bits per heavy atom. The van der Waals surface area contributed by atoms with Crippen LogP contribution < -0.4 is 0 Å². The number of halogens is 1. The highest BCUT2D eigenvalue weighted by Crippen LogP contribution is 2.22. The molecule has 1 fully saturated rings. The SMILES string of the molecule is O=C(Cc1cccc(F)c1)N1CCCC(Cc2nncn2-c2ccccc2)C1. The summed E-state index contributed by atoms with van der Waals surface area (Å²) in [5.74, 6) is 1.01. The van der Waals surface area contributed by atoms with Crippen molar-refractivity contribution >= 4 is 5.91 Å². The Morgan fingerprint density at radius 1 is 1.14 bits per heavy atom. The summed E-state index contributed by atoms with van der Waals surface area (Å²) in [6.45, 7) is 1.46. The van der Waals surface area contributed by atoms with Crippen molar-refractivity contribution in [2.75, 3.05) is 13.1 Å². The number of para-hydroxylation sites is 1. The zero-order chi connectivity index (χ0) is 19.3. The number of piperidine rings is 1. The van der Waals surface area contributed by atoms with Crippen LogP contribution >= 0.6 is 0 Å². The highest BCUT2D eigenvalue weighted by Gasteiger charge is 2.25. The Labute approximate surface area is 163 Å². The minimum Gasteiger partial charge on any atom is -0.342 e. The number of carbonyl (C=O) groups excluding carboxylic acids is 1. The minimum absolute atomic E-state index is 0.0554. The molecule has 0 aliphatic carbocycles. The molecule has 2 aromatic carbocycles. The van der Waals surface area contributed by atoms with E-state index in [4.69, 9.17) is 0 Å². The van der Waals surface area contributed by atoms with Crippen molar-refractivity contribution in [3.05, 3.63) is 78.1 Å². The molecule has 28 heavy (non-hydrogen) atoms. The van der Waals surface area contributed by atoms with E-state index in [1.165, 1.54) is 12.1 Å². The van der Waals surface area contributed by atoms with Gasteiger partial charge in [0.2, 0.25) is 5.91 Å². The summed E-state index contributed by atoms with van der Waals surface area (Å²) < 4.78 is 15.4. The first-order valence-corrected chi connectivity index (χ1v) is 9.65. The van der Waals surface area contributed by atoms with Gasteiger partial charge in [-0.3, -0.25) is 9.36 Å². The molecule has 2 heterocycles. The molecule has 1 unspecified atom stereocenters. The molecule has 0 radical (unpaired) electrons. The van der Waals surface area contributed by atoms with Crippen molar-refractivity contribution in [1.29, 1.82) is 0 Å². The van der Waals surface area contributed by atoms with E-state index >= 15 is 0 Å². The van der Waals surface area contributed by atoms with Gasteiger partial charge in [0.25, 0.3) is 0 Å². The maximum atomic E-state index is 13.4. The fourth-order valence-electron chi connectivity index (χ4n) is 3.85. The van der Waals surface area contributed by atoms with Crippen LogP contribution in [0.1, 0.15) is 24.2 Å². The fraction of sp³-hybridized carbons (Fsp3) is 0.318. The second kappa shape index (κ2) is 8.33. The quantitative estimate of drug-likeness (QED) is 0.683. The molecule has 1 aliphatic rings. The number of hydrogen-bond donors (Lipinski definition) is 0. The predicted molar refractivity (Wildman–Crippen MR) is 104 cm³/mol. The lowest BCUT2D eigenvalue weighted by Gasteiger charge is -2.32. The second-order valence-corrected chi connectivity index (χ2v) is 7.31. The summed E-state index contributed by atoms with van der Waals surface area (Å²) in [4.78, 5) is 14.6. The number of benzene rings is 2. The second-order valence-electron chi connectivity index (χ2n) is 7.31. The molecule has 4 rings (SSSR count). The molecule has 1 amide bonds. The molecular weight excluding hydrogens is 355 g/mol. The molecular formula is C22H23FN4O. The highest BCUT2D eigenvalue weighted by molar-refractivity contribution is 5.78. The molecule has 0 spiro atoms. The fourth-order valence-corrected chi connectivity index (χ4v) is 3.85. The van der Waals surface area contributed by atoms with E-state index in [9.17, 15) is 9.18 Å². The standard InChI is InChI=1S/C22H23FN4O/c23-19-8-4-6-17(12-19)14-22(28)26-11-5-7-18(15-26)13-21-25-24-16-27(21)20-9-2-1-3-10-20/h1-4,6,8-10,12,16,18H,5,7,11,13-15H2. The van der Waals surface area contributed by atoms with Gasteiger partial charge in [-0.25, -0.2) is 4.39 Å². The third-order valence-electron chi connectivity index (χ3n) is 5.24. The maximum Gasteiger partial charge on any atom is 0.227 e. The largest absolute Gasteiger partial charge is 0.342 e. The van der Waals surface area contributed by atoms with Crippen LogP contribution in [0.15, 0.2) is 60.9 Å². The molecule has 0 bridgehead atoms. The maximum absolute atomic E-state index is 13.4. The monoisotopic (exact) mass is 378 g/mol. The lowest BCUT2D eigenvalue weighted by molar-refractivity contribution is -0.132. The van der Waals surface area contributed by atoms with Crippen LogP contribution in [0.2, 0.25) is 0 Å². The van der Waals surface area contributed by atoms with Gasteiger partial charge in [-0.2, -0.15) is 0 Å². The number of amides is 1. The zero-order valence-corrected chi connectivity index (χ0v) is 15.7. The van der Waals surface area contributed by atoms with E-state index in [0.717, 1.165) is 42.9 Å². The summed E-state index contributed by atoms with van der Waals surface area (Å²) in [6.07, 6.45) is 4.79. The average Bonchev–Trinajstić information content (AvgIpc) is 3.17. The number of rotatable bonds is 5. The van der Waals surface area contributed by atoms with Crippen LogP contribution in [0.4, 0.5) is 4.39 Å². The summed E-state index contributed by atoms with van der Waals surface area (Å²) >= 11 is 0. The number of likely N-dealkylation sites (tertiary alicyclic amines) is 1. The van der Waals surface area contributed by atoms with Crippen LogP contribution in [0.5, 0.6) is 0 Å². The Kier molecular flexibility index (Phi) is 5.46. The van der Waals surface area contributed by atoms with Crippen molar-refractivity contribution in [3.63, 3.8) is 0 Å². The number of hydrogen-bond acceptors (Lipinski definition) is 3. The van der Waals surface area contributed by atoms with E-state index in [1.54, 1.807) is 18.5 Å². The highest BCUT2D eigenvalue weighted by atomic mass is 19.1. The van der Waals surface area contributed by atoms with Crippen molar-refractivity contribution in [2.24, 2.45) is 5.92 Å². The molecule has 3 aromatic rings. The van der Waals surface area contributed by atoms with Crippen LogP contribution in [0.25, 0.3) is 5.69 Å². The molecule has 144 valence electrons. The summed E-state index contributed by atoms with van der Waals surface area (Å²) in [5, 5.41) is 8.38. The van der Waals surface area contributed by atoms with Gasteiger partial charge in [-0.1, -0.05) is 30.3 Å². The van der Waals surface area contributed by atoms with Crippen LogP contribution in [0.3, 0.4) is 0 Å². The third-order valence-corrected chi connectivity index (χ3v) is 5.24. The first-order chi connectivity index (χ1) is 13.7. The van der Waals surface area contributed by atoms with E-state index in [1.807, 2.05) is 39.8 Å². The number of nitrogens with zero attached hydrogens (tertiary/aromatic N) is 4. The Bertz CT molecular complexity index is 940. The summed E-state index contributed by atoms with van der Waals surface area (Å²) in [6, 6.07) is 16.3. The van der Waals surface area contributed by atoms with Crippen molar-refractivity contribution in [3.8, 4) is 5.69 Å². The van der Waals surface area contributed by atoms with Crippen molar-refractivity contribution in [2.45, 2.75) is 25.7 Å². The van der Waals surface area contributed by atoms with E-state index in [2.05, 4.69) is 10.2 Å². The average molecular weight is 378 g/mol. The molecule has 0 saturated carbocycles. The van der Waals surface area contributed by atoms with Gasteiger partial charge >= 0.3 is 0 Å². The number of aromatic nitrogens is 3. The molecule has 0 N–H and O–H groups in total. The molecule has 1 atom stereocenters. The summed E-state index contributed by atoms with van der Waals surface area (Å²) in [7, 11) is 0.